The summed E-state index contributed by atoms with van der Waals surface area (Å²) in [6, 6.07) is 12.7. The average Bonchev–Trinajstić information content (AvgIpc) is 2.78. The largest absolute Gasteiger partial charge is 0.465 e. The number of piperazine rings is 1. The molecule has 0 radical (unpaired) electrons. The van der Waals surface area contributed by atoms with Crippen LogP contribution in [0.4, 0.5) is 11.4 Å². The maximum Gasteiger partial charge on any atom is 0.337 e. The number of benzene rings is 2. The molecule has 0 bridgehead atoms. The summed E-state index contributed by atoms with van der Waals surface area (Å²) >= 11 is 0. The van der Waals surface area contributed by atoms with E-state index < -0.39 is 5.97 Å². The molecule has 2 heterocycles. The number of hydrogen-bond acceptors (Lipinski definition) is 5. The normalized spacial score (nSPS) is 16.1. The molecule has 2 aliphatic heterocycles. The van der Waals surface area contributed by atoms with Crippen LogP contribution in [-0.2, 0) is 16.0 Å². The SMILES string of the molecule is COC(=O)c1ccc(C(=O)N2CCN(c3ccc4c(c3)CCC(=O)N4)CC2)cc1. The van der Waals surface area contributed by atoms with Gasteiger partial charge < -0.3 is 19.9 Å². The predicted molar refractivity (Wildman–Crippen MR) is 109 cm³/mol. The summed E-state index contributed by atoms with van der Waals surface area (Å²) in [6.45, 7) is 2.76. The summed E-state index contributed by atoms with van der Waals surface area (Å²) in [5.74, 6) is -0.381. The van der Waals surface area contributed by atoms with E-state index in [1.807, 2.05) is 17.0 Å². The molecular weight excluding hydrogens is 370 g/mol. The molecule has 2 aromatic rings. The highest BCUT2D eigenvalue weighted by Gasteiger charge is 2.23. The molecule has 2 aromatic carbocycles. The van der Waals surface area contributed by atoms with E-state index in [4.69, 9.17) is 0 Å². The van der Waals surface area contributed by atoms with E-state index in [-0.39, 0.29) is 11.8 Å². The zero-order valence-electron chi connectivity index (χ0n) is 16.3. The zero-order valence-corrected chi connectivity index (χ0v) is 16.3. The number of anilines is 2. The van der Waals surface area contributed by atoms with Gasteiger partial charge in [0.1, 0.15) is 0 Å². The fourth-order valence-electron chi connectivity index (χ4n) is 3.78. The molecule has 0 aliphatic carbocycles. The average molecular weight is 393 g/mol. The number of fused-ring (bicyclic) bond motifs is 1. The number of nitrogens with zero attached hydrogens (tertiary/aromatic N) is 2. The van der Waals surface area contributed by atoms with Crippen LogP contribution in [0.15, 0.2) is 42.5 Å². The number of methoxy groups -OCH3 is 1. The maximum atomic E-state index is 12.8. The van der Waals surface area contributed by atoms with Crippen molar-refractivity contribution in [3.05, 3.63) is 59.2 Å². The van der Waals surface area contributed by atoms with Gasteiger partial charge in [-0.05, 0) is 54.4 Å². The number of ether oxygens (including phenoxy) is 1. The van der Waals surface area contributed by atoms with Crippen LogP contribution in [0.25, 0.3) is 0 Å². The van der Waals surface area contributed by atoms with Crippen molar-refractivity contribution in [3.8, 4) is 0 Å². The molecule has 150 valence electrons. The number of hydrogen-bond donors (Lipinski definition) is 1. The van der Waals surface area contributed by atoms with Crippen molar-refractivity contribution in [2.24, 2.45) is 0 Å². The third-order valence-electron chi connectivity index (χ3n) is 5.47. The summed E-state index contributed by atoms with van der Waals surface area (Å²) in [5.41, 5.74) is 4.17. The molecule has 2 amide bonds. The minimum atomic E-state index is -0.415. The quantitative estimate of drug-likeness (QED) is 0.810. The fraction of sp³-hybridized carbons (Fsp3) is 0.318. The third-order valence-corrected chi connectivity index (χ3v) is 5.47. The lowest BCUT2D eigenvalue weighted by Gasteiger charge is -2.36. The molecule has 0 aromatic heterocycles. The summed E-state index contributed by atoms with van der Waals surface area (Å²) in [5, 5.41) is 2.91. The predicted octanol–water partition coefficient (Wildman–Crippen LogP) is 2.32. The number of carbonyl (C=O) groups is 3. The molecule has 1 N–H and O–H groups in total. The van der Waals surface area contributed by atoms with E-state index in [1.54, 1.807) is 24.3 Å². The molecule has 7 nitrogen and oxygen atoms in total. The summed E-state index contributed by atoms with van der Waals surface area (Å²) in [6.07, 6.45) is 1.28. The molecule has 0 atom stereocenters. The molecule has 2 aliphatic rings. The van der Waals surface area contributed by atoms with Gasteiger partial charge in [-0.2, -0.15) is 0 Å². The van der Waals surface area contributed by atoms with E-state index in [0.29, 0.717) is 30.6 Å². The van der Waals surface area contributed by atoms with Crippen molar-refractivity contribution in [1.29, 1.82) is 0 Å². The molecule has 7 heteroatoms. The van der Waals surface area contributed by atoms with Crippen LogP contribution in [0, 0.1) is 0 Å². The third kappa shape index (κ3) is 3.94. The first kappa shape index (κ1) is 19.0. The summed E-state index contributed by atoms with van der Waals surface area (Å²) in [4.78, 5) is 39.9. The van der Waals surface area contributed by atoms with Crippen LogP contribution in [0.2, 0.25) is 0 Å². The van der Waals surface area contributed by atoms with Gasteiger partial charge in [0, 0.05) is 49.5 Å². The lowest BCUT2D eigenvalue weighted by Crippen LogP contribution is -2.48. The summed E-state index contributed by atoms with van der Waals surface area (Å²) in [7, 11) is 1.33. The van der Waals surface area contributed by atoms with E-state index in [1.165, 1.54) is 7.11 Å². The van der Waals surface area contributed by atoms with Crippen molar-refractivity contribution in [2.75, 3.05) is 43.5 Å². The fourth-order valence-corrected chi connectivity index (χ4v) is 3.78. The Kier molecular flexibility index (Phi) is 5.20. The maximum absolute atomic E-state index is 12.8. The Balaban J connectivity index is 1.38. The number of amides is 2. The second kappa shape index (κ2) is 7.95. The van der Waals surface area contributed by atoms with E-state index in [2.05, 4.69) is 21.0 Å². The minimum Gasteiger partial charge on any atom is -0.465 e. The van der Waals surface area contributed by atoms with Gasteiger partial charge in [0.05, 0.1) is 12.7 Å². The minimum absolute atomic E-state index is 0.0331. The smallest absolute Gasteiger partial charge is 0.337 e. The van der Waals surface area contributed by atoms with Gasteiger partial charge in [-0.25, -0.2) is 4.79 Å². The number of aryl methyl sites for hydroxylation is 1. The number of rotatable bonds is 3. The van der Waals surface area contributed by atoms with Crippen molar-refractivity contribution < 1.29 is 19.1 Å². The Morgan fingerprint density at radius 1 is 0.931 bits per heavy atom. The molecule has 0 spiro atoms. The van der Waals surface area contributed by atoms with Gasteiger partial charge in [-0.3, -0.25) is 9.59 Å². The van der Waals surface area contributed by atoms with E-state index in [9.17, 15) is 14.4 Å². The van der Waals surface area contributed by atoms with E-state index in [0.717, 1.165) is 36.4 Å². The van der Waals surface area contributed by atoms with Crippen molar-refractivity contribution in [2.45, 2.75) is 12.8 Å². The first-order chi connectivity index (χ1) is 14.0. The van der Waals surface area contributed by atoms with Crippen LogP contribution < -0.4 is 10.2 Å². The van der Waals surface area contributed by atoms with Crippen LogP contribution >= 0.6 is 0 Å². The van der Waals surface area contributed by atoms with Gasteiger partial charge >= 0.3 is 5.97 Å². The molecule has 1 saturated heterocycles. The lowest BCUT2D eigenvalue weighted by atomic mass is 10.0. The first-order valence-corrected chi connectivity index (χ1v) is 9.70. The second-order valence-electron chi connectivity index (χ2n) is 7.24. The highest BCUT2D eigenvalue weighted by Crippen LogP contribution is 2.28. The highest BCUT2D eigenvalue weighted by molar-refractivity contribution is 5.96. The van der Waals surface area contributed by atoms with Crippen LogP contribution in [-0.4, -0.2) is 56.0 Å². The Morgan fingerprint density at radius 2 is 1.62 bits per heavy atom. The number of nitrogens with one attached hydrogen (secondary N) is 1. The molecule has 0 unspecified atom stereocenters. The molecule has 0 saturated carbocycles. The molecule has 29 heavy (non-hydrogen) atoms. The lowest BCUT2D eigenvalue weighted by molar-refractivity contribution is -0.116. The molecule has 1 fully saturated rings. The van der Waals surface area contributed by atoms with E-state index >= 15 is 0 Å². The van der Waals surface area contributed by atoms with Gasteiger partial charge in [0.15, 0.2) is 0 Å². The Labute approximate surface area is 169 Å². The highest BCUT2D eigenvalue weighted by atomic mass is 16.5. The Hall–Kier alpha value is -3.35. The number of esters is 1. The van der Waals surface area contributed by atoms with Crippen molar-refractivity contribution in [3.63, 3.8) is 0 Å². The van der Waals surface area contributed by atoms with Gasteiger partial charge in [0.25, 0.3) is 5.91 Å². The standard InChI is InChI=1S/C22H23N3O4/c1-29-22(28)16-4-2-15(3-5-16)21(27)25-12-10-24(11-13-25)18-7-8-19-17(14-18)6-9-20(26)23-19/h2-5,7-8,14H,6,9-13H2,1H3,(H,23,26). The van der Waals surface area contributed by atoms with Crippen molar-refractivity contribution >= 4 is 29.2 Å². The topological polar surface area (TPSA) is 79.0 Å². The first-order valence-electron chi connectivity index (χ1n) is 9.70. The zero-order chi connectivity index (χ0) is 20.4. The van der Waals surface area contributed by atoms with Crippen LogP contribution in [0.5, 0.6) is 0 Å². The van der Waals surface area contributed by atoms with Crippen LogP contribution in [0.1, 0.15) is 32.7 Å². The molecule has 4 rings (SSSR count). The van der Waals surface area contributed by atoms with Gasteiger partial charge in [-0.1, -0.05) is 0 Å². The number of carbonyl (C=O) groups excluding carboxylic acids is 3. The van der Waals surface area contributed by atoms with Crippen molar-refractivity contribution in [1.82, 2.24) is 4.90 Å². The summed E-state index contributed by atoms with van der Waals surface area (Å²) < 4.78 is 4.69. The monoisotopic (exact) mass is 393 g/mol. The molecular formula is C22H23N3O4. The Bertz CT molecular complexity index is 947. The Morgan fingerprint density at radius 3 is 2.31 bits per heavy atom. The van der Waals surface area contributed by atoms with Gasteiger partial charge in [-0.15, -0.1) is 0 Å². The van der Waals surface area contributed by atoms with Crippen LogP contribution in [0.3, 0.4) is 0 Å². The second-order valence-corrected chi connectivity index (χ2v) is 7.24. The van der Waals surface area contributed by atoms with Gasteiger partial charge in [0.2, 0.25) is 5.91 Å².